The molecule has 1 fully saturated rings. The van der Waals surface area contributed by atoms with Crippen LogP contribution < -0.4 is 19.9 Å². The van der Waals surface area contributed by atoms with E-state index in [0.29, 0.717) is 28.4 Å². The maximum atomic E-state index is 14.0. The highest BCUT2D eigenvalue weighted by molar-refractivity contribution is 8.02. The molecule has 1 spiro atoms. The number of amides is 3. The molecule has 2 aliphatic rings. The molecule has 35 heavy (non-hydrogen) atoms. The summed E-state index contributed by atoms with van der Waals surface area (Å²) in [7, 11) is 1.57. The first-order valence-electron chi connectivity index (χ1n) is 11.4. The third-order valence-corrected chi connectivity index (χ3v) is 7.73. The van der Waals surface area contributed by atoms with Crippen molar-refractivity contribution in [1.29, 1.82) is 0 Å². The molecule has 1 atom stereocenters. The molecule has 0 radical (unpaired) electrons. The van der Waals surface area contributed by atoms with Crippen molar-refractivity contribution in [1.82, 2.24) is 0 Å². The minimum atomic E-state index is -1.26. The Balaban J connectivity index is 1.47. The van der Waals surface area contributed by atoms with Crippen LogP contribution >= 0.6 is 11.8 Å². The molecule has 3 aromatic carbocycles. The summed E-state index contributed by atoms with van der Waals surface area (Å²) in [6, 6.07) is 22.1. The van der Waals surface area contributed by atoms with Gasteiger partial charge in [-0.1, -0.05) is 37.3 Å². The Morgan fingerprint density at radius 1 is 1.03 bits per heavy atom. The molecule has 7 nitrogen and oxygen atoms in total. The lowest BCUT2D eigenvalue weighted by molar-refractivity contribution is -0.124. The number of aryl methyl sites for hydroxylation is 1. The molecule has 8 heteroatoms. The fraction of sp³-hybridized carbons (Fsp3) is 0.222. The lowest BCUT2D eigenvalue weighted by Gasteiger charge is -2.33. The van der Waals surface area contributed by atoms with Crippen LogP contribution in [0.15, 0.2) is 72.8 Å². The second kappa shape index (κ2) is 9.11. The Kier molecular flexibility index (Phi) is 5.98. The van der Waals surface area contributed by atoms with E-state index in [9.17, 15) is 14.4 Å². The molecule has 5 rings (SSSR count). The molecule has 3 amide bonds. The summed E-state index contributed by atoms with van der Waals surface area (Å²) in [4.78, 5) is 41.8. The molecule has 1 N–H and O–H groups in total. The Morgan fingerprint density at radius 3 is 2.43 bits per heavy atom. The summed E-state index contributed by atoms with van der Waals surface area (Å²) < 4.78 is 5.25. The van der Waals surface area contributed by atoms with E-state index in [1.54, 1.807) is 36.3 Å². The van der Waals surface area contributed by atoms with Gasteiger partial charge in [-0.25, -0.2) is 0 Å². The summed E-state index contributed by atoms with van der Waals surface area (Å²) in [6.07, 6.45) is 0.913. The summed E-state index contributed by atoms with van der Waals surface area (Å²) in [5.41, 5.74) is 3.79. The fourth-order valence-corrected chi connectivity index (χ4v) is 5.97. The van der Waals surface area contributed by atoms with E-state index < -0.39 is 4.87 Å². The van der Waals surface area contributed by atoms with Crippen LogP contribution in [0, 0.1) is 0 Å². The lowest BCUT2D eigenvalue weighted by atomic mass is 10.0. The summed E-state index contributed by atoms with van der Waals surface area (Å²) in [5.74, 6) is 0.0494. The second-order valence-corrected chi connectivity index (χ2v) is 9.54. The van der Waals surface area contributed by atoms with E-state index in [1.165, 1.54) is 22.2 Å². The van der Waals surface area contributed by atoms with E-state index in [4.69, 9.17) is 4.74 Å². The molecular weight excluding hydrogens is 462 g/mol. The van der Waals surface area contributed by atoms with Gasteiger partial charge in [0.2, 0.25) is 16.7 Å². The van der Waals surface area contributed by atoms with E-state index in [2.05, 4.69) is 12.2 Å². The predicted octanol–water partition coefficient (Wildman–Crippen LogP) is 4.18. The molecular formula is C27H25N3O4S. The number of anilines is 3. The molecule has 1 saturated heterocycles. The highest BCUT2D eigenvalue weighted by Crippen LogP contribution is 2.55. The first-order chi connectivity index (χ1) is 17.0. The highest BCUT2D eigenvalue weighted by Gasteiger charge is 2.61. The van der Waals surface area contributed by atoms with Gasteiger partial charge < -0.3 is 10.1 Å². The number of thioether (sulfide) groups is 1. The van der Waals surface area contributed by atoms with Crippen LogP contribution in [0.5, 0.6) is 5.75 Å². The van der Waals surface area contributed by atoms with E-state index in [0.717, 1.165) is 6.42 Å². The highest BCUT2D eigenvalue weighted by atomic mass is 32.2. The van der Waals surface area contributed by atoms with Crippen LogP contribution in [0.4, 0.5) is 17.1 Å². The standard InChI is InChI=1S/C27H25N3O4S/c1-3-18-8-10-19(11-9-18)28-24(31)16-29-23-7-5-4-6-22(23)27(26(29)33)30(25(32)17-35-27)20-12-14-21(34-2)15-13-20/h4-15H,3,16-17H2,1-2H3,(H,28,31)/t27-/m1/s1. The third kappa shape index (κ3) is 3.83. The number of carbonyl (C=O) groups excluding carboxylic acids is 3. The van der Waals surface area contributed by atoms with Crippen LogP contribution in [0.1, 0.15) is 18.1 Å². The number of nitrogens with zero attached hydrogens (tertiary/aromatic N) is 2. The molecule has 0 bridgehead atoms. The molecule has 178 valence electrons. The van der Waals surface area contributed by atoms with Gasteiger partial charge in [0.05, 0.1) is 18.6 Å². The van der Waals surface area contributed by atoms with Gasteiger partial charge in [-0.3, -0.25) is 24.2 Å². The number of carbonyl (C=O) groups is 3. The van der Waals surface area contributed by atoms with Crippen molar-refractivity contribution in [3.63, 3.8) is 0 Å². The quantitative estimate of drug-likeness (QED) is 0.565. The van der Waals surface area contributed by atoms with Crippen molar-refractivity contribution in [2.45, 2.75) is 18.2 Å². The third-order valence-electron chi connectivity index (χ3n) is 6.34. The maximum Gasteiger partial charge on any atom is 0.269 e. The number of rotatable bonds is 6. The Morgan fingerprint density at radius 2 is 1.74 bits per heavy atom. The van der Waals surface area contributed by atoms with Crippen molar-refractivity contribution < 1.29 is 19.1 Å². The molecule has 0 saturated carbocycles. The van der Waals surface area contributed by atoms with Crippen molar-refractivity contribution in [3.05, 3.63) is 83.9 Å². The number of para-hydroxylation sites is 1. The zero-order valence-electron chi connectivity index (χ0n) is 19.5. The molecule has 0 aliphatic carbocycles. The number of benzene rings is 3. The first-order valence-corrected chi connectivity index (χ1v) is 12.4. The fourth-order valence-electron chi connectivity index (χ4n) is 4.61. The van der Waals surface area contributed by atoms with Crippen molar-refractivity contribution in [2.24, 2.45) is 0 Å². The molecule has 2 aliphatic heterocycles. The van der Waals surface area contributed by atoms with Crippen molar-refractivity contribution >= 4 is 46.5 Å². The van der Waals surface area contributed by atoms with Gasteiger partial charge >= 0.3 is 0 Å². The molecule has 3 aromatic rings. The van der Waals surface area contributed by atoms with Gasteiger partial charge in [0.1, 0.15) is 12.3 Å². The van der Waals surface area contributed by atoms with Crippen LogP contribution in [0.25, 0.3) is 0 Å². The van der Waals surface area contributed by atoms with Crippen molar-refractivity contribution in [3.8, 4) is 5.75 Å². The van der Waals surface area contributed by atoms with E-state index in [1.807, 2.05) is 48.5 Å². The van der Waals surface area contributed by atoms with Gasteiger partial charge in [-0.05, 0) is 54.4 Å². The number of hydrogen-bond donors (Lipinski definition) is 1. The maximum absolute atomic E-state index is 14.0. The van der Waals surface area contributed by atoms with Crippen LogP contribution in [-0.2, 0) is 25.7 Å². The minimum absolute atomic E-state index is 0.154. The topological polar surface area (TPSA) is 79.0 Å². The Hall–Kier alpha value is -3.78. The number of fused-ring (bicyclic) bond motifs is 2. The number of ether oxygens (including phenoxy) is 1. The lowest BCUT2D eigenvalue weighted by Crippen LogP contribution is -2.50. The first kappa shape index (κ1) is 23.0. The van der Waals surface area contributed by atoms with Gasteiger partial charge in [-0.2, -0.15) is 0 Å². The minimum Gasteiger partial charge on any atom is -0.497 e. The molecule has 0 unspecified atom stereocenters. The van der Waals surface area contributed by atoms with Crippen LogP contribution in [0.2, 0.25) is 0 Å². The zero-order chi connectivity index (χ0) is 24.6. The SMILES string of the molecule is CCc1ccc(NC(=O)CN2C(=O)[C@]3(SCC(=O)N3c3ccc(OC)cc3)c3ccccc32)cc1. The molecule has 0 aromatic heterocycles. The van der Waals surface area contributed by atoms with E-state index in [-0.39, 0.29) is 30.0 Å². The van der Waals surface area contributed by atoms with Crippen molar-refractivity contribution in [2.75, 3.05) is 34.5 Å². The number of nitrogens with one attached hydrogen (secondary N) is 1. The average molecular weight is 488 g/mol. The molecule has 2 heterocycles. The van der Waals surface area contributed by atoms with Gasteiger partial charge in [-0.15, -0.1) is 11.8 Å². The zero-order valence-corrected chi connectivity index (χ0v) is 20.3. The number of hydrogen-bond acceptors (Lipinski definition) is 5. The summed E-state index contributed by atoms with van der Waals surface area (Å²) in [6.45, 7) is 1.92. The van der Waals surface area contributed by atoms with Crippen LogP contribution in [0.3, 0.4) is 0 Å². The van der Waals surface area contributed by atoms with Gasteiger partial charge in [0, 0.05) is 16.9 Å². The Labute approximate surface area is 208 Å². The average Bonchev–Trinajstić information content (AvgIpc) is 3.35. The van der Waals surface area contributed by atoms with Gasteiger partial charge in [0.15, 0.2) is 0 Å². The van der Waals surface area contributed by atoms with E-state index >= 15 is 0 Å². The second-order valence-electron chi connectivity index (χ2n) is 8.37. The van der Waals surface area contributed by atoms with Gasteiger partial charge in [0.25, 0.3) is 5.91 Å². The summed E-state index contributed by atoms with van der Waals surface area (Å²) in [5, 5.41) is 2.88. The number of methoxy groups -OCH3 is 1. The smallest absolute Gasteiger partial charge is 0.269 e. The Bertz CT molecular complexity index is 1290. The normalized spacial score (nSPS) is 18.8. The summed E-state index contributed by atoms with van der Waals surface area (Å²) >= 11 is 1.29. The monoisotopic (exact) mass is 487 g/mol. The predicted molar refractivity (Wildman–Crippen MR) is 138 cm³/mol. The largest absolute Gasteiger partial charge is 0.497 e. The van der Waals surface area contributed by atoms with Crippen LogP contribution in [-0.4, -0.2) is 37.1 Å².